The number of fused-ring (bicyclic) bond motifs is 1. The van der Waals surface area contributed by atoms with E-state index < -0.39 is 0 Å². The second-order valence-corrected chi connectivity index (χ2v) is 6.37. The number of hydrogen-bond donors (Lipinski definition) is 1. The molecule has 100 valence electrons. The lowest BCUT2D eigenvalue weighted by Gasteiger charge is -2.29. The minimum atomic E-state index is 0.598. The van der Waals surface area contributed by atoms with Crippen LogP contribution in [0.1, 0.15) is 24.4 Å². The molecule has 0 spiro atoms. The highest BCUT2D eigenvalue weighted by Gasteiger charge is 2.22. The average molecular weight is 273 g/mol. The molecule has 2 heterocycles. The molecule has 19 heavy (non-hydrogen) atoms. The first-order valence-electron chi connectivity index (χ1n) is 6.72. The molecular weight excluding hydrogens is 254 g/mol. The predicted molar refractivity (Wildman–Crippen MR) is 81.2 cm³/mol. The molecule has 0 aliphatic carbocycles. The molecule has 4 heteroatoms. The van der Waals surface area contributed by atoms with Crippen LogP contribution in [0.4, 0.5) is 5.69 Å². The third-order valence-corrected chi connectivity index (χ3v) is 4.80. The van der Waals surface area contributed by atoms with Crippen molar-refractivity contribution in [3.63, 3.8) is 0 Å². The maximum atomic E-state index is 6.04. The van der Waals surface area contributed by atoms with E-state index in [-0.39, 0.29) is 0 Å². The Morgan fingerprint density at radius 3 is 2.84 bits per heavy atom. The summed E-state index contributed by atoms with van der Waals surface area (Å²) in [6.45, 7) is 6.64. The molecule has 3 nitrogen and oxygen atoms in total. The van der Waals surface area contributed by atoms with Gasteiger partial charge in [0.1, 0.15) is 5.01 Å². The van der Waals surface area contributed by atoms with Gasteiger partial charge in [-0.1, -0.05) is 12.1 Å². The molecule has 0 radical (unpaired) electrons. The standard InChI is InChI=1S/C15H19N3S/c1-10(2)18-8-7-13-14(9-18)19-15(17-13)11-5-3-4-6-12(11)16/h3-6,10H,7-9,16H2,1-2H3. The van der Waals surface area contributed by atoms with E-state index in [4.69, 9.17) is 10.7 Å². The van der Waals surface area contributed by atoms with Crippen molar-refractivity contribution in [3.8, 4) is 10.6 Å². The van der Waals surface area contributed by atoms with Gasteiger partial charge in [-0.25, -0.2) is 4.98 Å². The van der Waals surface area contributed by atoms with Crippen molar-refractivity contribution in [2.75, 3.05) is 12.3 Å². The zero-order chi connectivity index (χ0) is 13.4. The average Bonchev–Trinajstić information content (AvgIpc) is 2.81. The lowest BCUT2D eigenvalue weighted by atomic mass is 10.1. The van der Waals surface area contributed by atoms with E-state index in [9.17, 15) is 0 Å². The highest BCUT2D eigenvalue weighted by Crippen LogP contribution is 2.34. The number of aromatic nitrogens is 1. The van der Waals surface area contributed by atoms with E-state index in [0.29, 0.717) is 6.04 Å². The Balaban J connectivity index is 1.94. The molecule has 2 aromatic rings. The Morgan fingerprint density at radius 1 is 1.32 bits per heavy atom. The van der Waals surface area contributed by atoms with Crippen LogP contribution in [0, 0.1) is 0 Å². The monoisotopic (exact) mass is 273 g/mol. The Labute approximate surface area is 118 Å². The van der Waals surface area contributed by atoms with Crippen molar-refractivity contribution in [2.45, 2.75) is 32.9 Å². The van der Waals surface area contributed by atoms with Gasteiger partial charge in [-0.3, -0.25) is 4.90 Å². The van der Waals surface area contributed by atoms with Gasteiger partial charge < -0.3 is 5.73 Å². The summed E-state index contributed by atoms with van der Waals surface area (Å²) in [5.74, 6) is 0. The van der Waals surface area contributed by atoms with Crippen molar-refractivity contribution in [2.24, 2.45) is 0 Å². The van der Waals surface area contributed by atoms with Gasteiger partial charge in [0.25, 0.3) is 0 Å². The van der Waals surface area contributed by atoms with Crippen LogP contribution >= 0.6 is 11.3 Å². The zero-order valence-corrected chi connectivity index (χ0v) is 12.2. The van der Waals surface area contributed by atoms with Gasteiger partial charge >= 0.3 is 0 Å². The van der Waals surface area contributed by atoms with Gasteiger partial charge in [-0.15, -0.1) is 11.3 Å². The van der Waals surface area contributed by atoms with E-state index in [1.807, 2.05) is 18.2 Å². The summed E-state index contributed by atoms with van der Waals surface area (Å²) in [6.07, 6.45) is 1.05. The number of nitrogens with two attached hydrogens (primary N) is 1. The molecule has 0 bridgehead atoms. The molecule has 0 unspecified atom stereocenters. The summed E-state index contributed by atoms with van der Waals surface area (Å²) < 4.78 is 0. The summed E-state index contributed by atoms with van der Waals surface area (Å²) in [7, 11) is 0. The molecule has 0 amide bonds. The van der Waals surface area contributed by atoms with Gasteiger partial charge in [0, 0.05) is 41.7 Å². The zero-order valence-electron chi connectivity index (χ0n) is 11.4. The number of hydrogen-bond acceptors (Lipinski definition) is 4. The Hall–Kier alpha value is -1.39. The molecule has 0 fully saturated rings. The fourth-order valence-electron chi connectivity index (χ4n) is 2.46. The van der Waals surface area contributed by atoms with Crippen LogP contribution in [0.3, 0.4) is 0 Å². The molecule has 0 saturated carbocycles. The number of benzene rings is 1. The van der Waals surface area contributed by atoms with E-state index in [1.54, 1.807) is 11.3 Å². The van der Waals surface area contributed by atoms with Crippen LogP contribution < -0.4 is 5.73 Å². The summed E-state index contributed by atoms with van der Waals surface area (Å²) in [5, 5.41) is 1.06. The van der Waals surface area contributed by atoms with E-state index in [2.05, 4.69) is 24.8 Å². The molecule has 1 aliphatic heterocycles. The molecule has 0 atom stereocenters. The first-order valence-corrected chi connectivity index (χ1v) is 7.54. The number of thiazole rings is 1. The smallest absolute Gasteiger partial charge is 0.125 e. The van der Waals surface area contributed by atoms with E-state index in [0.717, 1.165) is 35.8 Å². The molecule has 1 aliphatic rings. The molecule has 0 saturated heterocycles. The van der Waals surface area contributed by atoms with Crippen molar-refractivity contribution in [3.05, 3.63) is 34.8 Å². The van der Waals surface area contributed by atoms with E-state index >= 15 is 0 Å². The molecule has 1 aromatic heterocycles. The van der Waals surface area contributed by atoms with Crippen molar-refractivity contribution >= 4 is 17.0 Å². The maximum Gasteiger partial charge on any atom is 0.125 e. The SMILES string of the molecule is CC(C)N1CCc2nc(-c3ccccc3N)sc2C1. The maximum absolute atomic E-state index is 6.04. The van der Waals surface area contributed by atoms with Crippen LogP contribution in [0.25, 0.3) is 10.6 Å². The minimum Gasteiger partial charge on any atom is -0.398 e. The van der Waals surface area contributed by atoms with Gasteiger partial charge in [-0.2, -0.15) is 0 Å². The first kappa shape index (κ1) is 12.6. The van der Waals surface area contributed by atoms with Crippen LogP contribution in [0.15, 0.2) is 24.3 Å². The van der Waals surface area contributed by atoms with Crippen molar-refractivity contribution in [1.82, 2.24) is 9.88 Å². The third-order valence-electron chi connectivity index (χ3n) is 3.68. The Bertz CT molecular complexity index is 589. The lowest BCUT2D eigenvalue weighted by molar-refractivity contribution is 0.205. The molecule has 1 aromatic carbocycles. The summed E-state index contributed by atoms with van der Waals surface area (Å²) in [6, 6.07) is 8.58. The van der Waals surface area contributed by atoms with Crippen molar-refractivity contribution in [1.29, 1.82) is 0 Å². The Kier molecular flexibility index (Phi) is 3.29. The number of rotatable bonds is 2. The van der Waals surface area contributed by atoms with Crippen LogP contribution in [0.5, 0.6) is 0 Å². The third kappa shape index (κ3) is 2.38. The van der Waals surface area contributed by atoms with Gasteiger partial charge in [0.05, 0.1) is 5.69 Å². The fourth-order valence-corrected chi connectivity index (χ4v) is 3.64. The topological polar surface area (TPSA) is 42.2 Å². The summed E-state index contributed by atoms with van der Waals surface area (Å²) in [5.41, 5.74) is 9.19. The van der Waals surface area contributed by atoms with Crippen LogP contribution in [-0.4, -0.2) is 22.5 Å². The summed E-state index contributed by atoms with van der Waals surface area (Å²) in [4.78, 5) is 8.69. The van der Waals surface area contributed by atoms with Crippen LogP contribution in [-0.2, 0) is 13.0 Å². The van der Waals surface area contributed by atoms with Crippen molar-refractivity contribution < 1.29 is 0 Å². The molecule has 2 N–H and O–H groups in total. The predicted octanol–water partition coefficient (Wildman–Crippen LogP) is 3.16. The highest BCUT2D eigenvalue weighted by molar-refractivity contribution is 7.15. The van der Waals surface area contributed by atoms with E-state index in [1.165, 1.54) is 10.6 Å². The highest BCUT2D eigenvalue weighted by atomic mass is 32.1. The largest absolute Gasteiger partial charge is 0.398 e. The minimum absolute atomic E-state index is 0.598. The second kappa shape index (κ2) is 4.94. The lowest BCUT2D eigenvalue weighted by Crippen LogP contribution is -2.35. The second-order valence-electron chi connectivity index (χ2n) is 5.29. The van der Waals surface area contributed by atoms with Gasteiger partial charge in [0.2, 0.25) is 0 Å². The molecular formula is C15H19N3S. The number of nitrogens with zero attached hydrogens (tertiary/aromatic N) is 2. The van der Waals surface area contributed by atoms with Gasteiger partial charge in [0.15, 0.2) is 0 Å². The summed E-state index contributed by atoms with van der Waals surface area (Å²) >= 11 is 1.79. The molecule has 3 rings (SSSR count). The number of anilines is 1. The van der Waals surface area contributed by atoms with Gasteiger partial charge in [-0.05, 0) is 26.0 Å². The Morgan fingerprint density at radius 2 is 2.11 bits per heavy atom. The normalized spacial score (nSPS) is 15.7. The first-order chi connectivity index (χ1) is 9.15. The number of nitrogen functional groups attached to an aromatic ring is 1. The van der Waals surface area contributed by atoms with Crippen LogP contribution in [0.2, 0.25) is 0 Å². The fraction of sp³-hybridized carbons (Fsp3) is 0.400. The quantitative estimate of drug-likeness (QED) is 0.855. The number of para-hydroxylation sites is 1.